The molecule has 0 amide bonds. The van der Waals surface area contributed by atoms with Crippen LogP contribution in [0.3, 0.4) is 0 Å². The van der Waals surface area contributed by atoms with Gasteiger partial charge in [-0.1, -0.05) is 92.5 Å². The smallest absolute Gasteiger partial charge is 0.0498 e. The molecule has 1 atom stereocenters. The number of hydrogen-bond donors (Lipinski definition) is 0. The number of hydrogen-bond acceptors (Lipinski definition) is 0. The van der Waals surface area contributed by atoms with E-state index in [2.05, 4.69) is 115 Å². The van der Waals surface area contributed by atoms with Crippen molar-refractivity contribution >= 4 is 61.1 Å². The molecule has 7 rings (SSSR count). The second kappa shape index (κ2) is 6.23. The molecule has 0 bridgehead atoms. The average molecular weight is 413 g/mol. The predicted octanol–water partition coefficient (Wildman–Crippen LogP) is 8.77. The van der Waals surface area contributed by atoms with E-state index in [0.717, 1.165) is 0 Å². The fraction of sp³-hybridized carbons (Fsp3) is 0.0345. The van der Waals surface area contributed by atoms with Crippen LogP contribution < -0.4 is 0 Å². The Morgan fingerprint density at radius 1 is 0.581 bits per heavy atom. The van der Waals surface area contributed by atoms with Gasteiger partial charge in [0.1, 0.15) is 0 Å². The fourth-order valence-corrected chi connectivity index (χ4v) is 8.09. The van der Waals surface area contributed by atoms with E-state index in [0.29, 0.717) is 0 Å². The Hall–Kier alpha value is -3.54. The van der Waals surface area contributed by atoms with Crippen LogP contribution in [0.4, 0.5) is 0 Å². The SMILES string of the molecule is Cn1c2cc3ccccc3cc2c2c1ccc1c3ccccc3p(-c3ccccc3)c12. The van der Waals surface area contributed by atoms with Crippen LogP contribution in [0.25, 0.3) is 58.9 Å². The highest BCUT2D eigenvalue weighted by molar-refractivity contribution is 7.68. The molecular weight excluding hydrogens is 393 g/mol. The number of rotatable bonds is 1. The number of nitrogens with zero attached hydrogens (tertiary/aromatic N) is 1. The zero-order valence-corrected chi connectivity index (χ0v) is 18.1. The molecule has 0 spiro atoms. The molecule has 2 heterocycles. The van der Waals surface area contributed by atoms with E-state index in [-0.39, 0.29) is 0 Å². The first-order valence-electron chi connectivity index (χ1n) is 10.7. The normalized spacial score (nSPS) is 12.6. The van der Waals surface area contributed by atoms with E-state index < -0.39 is 7.53 Å². The fourth-order valence-electron chi connectivity index (χ4n) is 5.27. The summed E-state index contributed by atoms with van der Waals surface area (Å²) in [5.41, 5.74) is 2.63. The molecule has 0 radical (unpaired) electrons. The van der Waals surface area contributed by atoms with Crippen molar-refractivity contribution in [3.8, 4) is 5.30 Å². The lowest BCUT2D eigenvalue weighted by atomic mass is 10.0. The molecule has 1 unspecified atom stereocenters. The van der Waals surface area contributed by atoms with Crippen molar-refractivity contribution in [3.05, 3.63) is 103 Å². The Labute approximate surface area is 181 Å². The quantitative estimate of drug-likeness (QED) is 0.253. The first-order valence-corrected chi connectivity index (χ1v) is 12.0. The Balaban J connectivity index is 1.80. The Morgan fingerprint density at radius 3 is 2.13 bits per heavy atom. The van der Waals surface area contributed by atoms with E-state index in [1.54, 1.807) is 0 Å². The van der Waals surface area contributed by atoms with E-state index in [1.807, 2.05) is 0 Å². The third-order valence-corrected chi connectivity index (χ3v) is 9.28. The van der Waals surface area contributed by atoms with Crippen molar-refractivity contribution in [2.45, 2.75) is 0 Å². The van der Waals surface area contributed by atoms with Crippen molar-refractivity contribution in [1.82, 2.24) is 4.57 Å². The predicted molar refractivity (Wildman–Crippen MR) is 137 cm³/mol. The van der Waals surface area contributed by atoms with Gasteiger partial charge < -0.3 is 4.57 Å². The van der Waals surface area contributed by atoms with Crippen LogP contribution in [0.2, 0.25) is 0 Å². The van der Waals surface area contributed by atoms with Gasteiger partial charge in [0, 0.05) is 39.1 Å². The molecule has 0 saturated carbocycles. The van der Waals surface area contributed by atoms with Crippen molar-refractivity contribution in [2.75, 3.05) is 0 Å². The number of benzene rings is 5. The lowest BCUT2D eigenvalue weighted by Gasteiger charge is -2.05. The highest BCUT2D eigenvalue weighted by atomic mass is 31.1. The van der Waals surface area contributed by atoms with Crippen molar-refractivity contribution in [3.63, 3.8) is 0 Å². The summed E-state index contributed by atoms with van der Waals surface area (Å²) in [5, 5.41) is 12.6. The molecule has 2 aromatic heterocycles. The lowest BCUT2D eigenvalue weighted by Crippen LogP contribution is -1.86. The van der Waals surface area contributed by atoms with Crippen LogP contribution >= 0.6 is 7.53 Å². The summed E-state index contributed by atoms with van der Waals surface area (Å²) in [6.45, 7) is 0. The maximum atomic E-state index is 2.40. The summed E-state index contributed by atoms with van der Waals surface area (Å²) < 4.78 is 2.37. The zero-order valence-electron chi connectivity index (χ0n) is 17.2. The second-order valence-electron chi connectivity index (χ2n) is 8.32. The minimum Gasteiger partial charge on any atom is -0.344 e. The molecule has 7 aromatic rings. The summed E-state index contributed by atoms with van der Waals surface area (Å²) >= 11 is 0. The molecule has 0 aliphatic carbocycles. The molecule has 0 aliphatic heterocycles. The van der Waals surface area contributed by atoms with Gasteiger partial charge in [0.25, 0.3) is 0 Å². The van der Waals surface area contributed by atoms with E-state index in [9.17, 15) is 0 Å². The first-order chi connectivity index (χ1) is 15.3. The van der Waals surface area contributed by atoms with Crippen LogP contribution in [-0.4, -0.2) is 4.57 Å². The van der Waals surface area contributed by atoms with Crippen LogP contribution in [0.5, 0.6) is 0 Å². The molecular formula is C29H20NP. The third kappa shape index (κ3) is 2.27. The molecule has 0 aliphatic rings. The van der Waals surface area contributed by atoms with Gasteiger partial charge in [0.2, 0.25) is 0 Å². The molecule has 1 nitrogen and oxygen atoms in total. The molecule has 0 saturated heterocycles. The molecule has 0 N–H and O–H groups in total. The number of fused-ring (bicyclic) bond motifs is 8. The minimum absolute atomic E-state index is 0.588. The Kier molecular flexibility index (Phi) is 3.45. The number of aryl methyl sites for hydroxylation is 1. The Bertz CT molecular complexity index is 1780. The second-order valence-corrected chi connectivity index (χ2v) is 10.4. The van der Waals surface area contributed by atoms with Gasteiger partial charge in [0.15, 0.2) is 0 Å². The summed E-state index contributed by atoms with van der Waals surface area (Å²) in [5.74, 6) is 0. The van der Waals surface area contributed by atoms with Gasteiger partial charge in [-0.15, -0.1) is 0 Å². The topological polar surface area (TPSA) is 4.93 Å². The largest absolute Gasteiger partial charge is 0.344 e. The summed E-state index contributed by atoms with van der Waals surface area (Å²) in [6, 6.07) is 38.2. The number of aromatic nitrogens is 1. The Morgan fingerprint density at radius 2 is 1.29 bits per heavy atom. The zero-order chi connectivity index (χ0) is 20.5. The van der Waals surface area contributed by atoms with Gasteiger partial charge in [0.05, 0.1) is 0 Å². The van der Waals surface area contributed by atoms with Gasteiger partial charge in [-0.2, -0.15) is 0 Å². The third-order valence-electron chi connectivity index (χ3n) is 6.69. The molecule has 2 heteroatoms. The van der Waals surface area contributed by atoms with Crippen LogP contribution in [0.15, 0.2) is 103 Å². The van der Waals surface area contributed by atoms with E-state index >= 15 is 0 Å². The lowest BCUT2D eigenvalue weighted by molar-refractivity contribution is 1.02. The van der Waals surface area contributed by atoms with Gasteiger partial charge in [-0.05, 0) is 45.0 Å². The highest BCUT2D eigenvalue weighted by Gasteiger charge is 2.19. The van der Waals surface area contributed by atoms with Crippen LogP contribution in [0.1, 0.15) is 0 Å². The first kappa shape index (κ1) is 17.2. The molecule has 146 valence electrons. The molecule has 31 heavy (non-hydrogen) atoms. The van der Waals surface area contributed by atoms with Crippen molar-refractivity contribution < 1.29 is 0 Å². The van der Waals surface area contributed by atoms with Gasteiger partial charge >= 0.3 is 0 Å². The minimum atomic E-state index is -0.588. The molecule has 5 aromatic carbocycles. The highest BCUT2D eigenvalue weighted by Crippen LogP contribution is 2.58. The van der Waals surface area contributed by atoms with Gasteiger partial charge in [-0.25, -0.2) is 0 Å². The monoisotopic (exact) mass is 413 g/mol. The molecule has 0 fully saturated rings. The van der Waals surface area contributed by atoms with Gasteiger partial charge in [-0.3, -0.25) is 0 Å². The summed E-state index contributed by atoms with van der Waals surface area (Å²) in [7, 11) is 1.62. The van der Waals surface area contributed by atoms with Crippen LogP contribution in [-0.2, 0) is 7.05 Å². The standard InChI is InChI=1S/C29H20NP/c1-30-25-16-15-23-22-13-7-8-14-27(22)31(21-11-3-2-4-12-21)29(23)28(25)24-17-19-9-5-6-10-20(19)18-26(24)30/h2-18H,1H3. The average Bonchev–Trinajstić information content (AvgIpc) is 3.30. The summed E-state index contributed by atoms with van der Waals surface area (Å²) in [6.07, 6.45) is 0. The summed E-state index contributed by atoms with van der Waals surface area (Å²) in [4.78, 5) is 0. The maximum Gasteiger partial charge on any atom is 0.0498 e. The van der Waals surface area contributed by atoms with Crippen molar-refractivity contribution in [1.29, 1.82) is 0 Å². The van der Waals surface area contributed by atoms with Crippen LogP contribution in [0, 0.1) is 0 Å². The van der Waals surface area contributed by atoms with Crippen molar-refractivity contribution in [2.24, 2.45) is 7.05 Å². The maximum absolute atomic E-state index is 2.40. The van der Waals surface area contributed by atoms with E-state index in [1.165, 1.54) is 58.9 Å². The van der Waals surface area contributed by atoms with E-state index in [4.69, 9.17) is 0 Å².